The molecule has 0 unspecified atom stereocenters. The number of piperidine rings is 1. The lowest BCUT2D eigenvalue weighted by Gasteiger charge is -2.26. The van der Waals surface area contributed by atoms with E-state index >= 15 is 0 Å². The van der Waals surface area contributed by atoms with Gasteiger partial charge in [-0.3, -0.25) is 4.98 Å². The molecule has 1 fully saturated rings. The normalized spacial score (nSPS) is 15.4. The molecule has 1 aliphatic heterocycles. The molecule has 5 nitrogen and oxygen atoms in total. The van der Waals surface area contributed by atoms with E-state index in [4.69, 9.17) is 0 Å². The molecule has 1 saturated heterocycles. The molecule has 0 aliphatic carbocycles. The molecule has 0 spiro atoms. The molecular formula is C19H23N5S2. The lowest BCUT2D eigenvalue weighted by atomic mass is 10.1. The lowest BCUT2D eigenvalue weighted by molar-refractivity contribution is 0.219. The number of aromatic nitrogens is 4. The zero-order valence-corrected chi connectivity index (χ0v) is 16.4. The van der Waals surface area contributed by atoms with Crippen LogP contribution in [0.4, 0.5) is 0 Å². The number of pyridine rings is 1. The fourth-order valence-corrected chi connectivity index (χ4v) is 4.83. The lowest BCUT2D eigenvalue weighted by Crippen LogP contribution is -2.32. The minimum Gasteiger partial charge on any atom is -0.302 e. The number of likely N-dealkylation sites (tertiary alicyclic amines) is 1. The van der Waals surface area contributed by atoms with Crippen LogP contribution < -0.4 is 0 Å². The molecule has 136 valence electrons. The van der Waals surface area contributed by atoms with Gasteiger partial charge >= 0.3 is 0 Å². The van der Waals surface area contributed by atoms with Crippen molar-refractivity contribution in [1.82, 2.24) is 24.6 Å². The van der Waals surface area contributed by atoms with Gasteiger partial charge in [-0.15, -0.1) is 21.5 Å². The molecule has 7 heteroatoms. The Kier molecular flexibility index (Phi) is 5.99. The van der Waals surface area contributed by atoms with Crippen molar-refractivity contribution >= 4 is 23.1 Å². The molecule has 0 saturated carbocycles. The number of thioether (sulfide) groups is 1. The largest absolute Gasteiger partial charge is 0.302 e. The SMILES string of the molecule is c1ccc(CSc2nnc(-c3cccs3)n2CCN2CCCCC2)nc1. The first-order valence-corrected chi connectivity index (χ1v) is 11.0. The number of hydrogen-bond acceptors (Lipinski definition) is 6. The summed E-state index contributed by atoms with van der Waals surface area (Å²) in [5, 5.41) is 12.1. The fourth-order valence-electron chi connectivity index (χ4n) is 3.23. The predicted octanol–water partition coefficient (Wildman–Crippen LogP) is 4.18. The number of rotatable bonds is 7. The van der Waals surface area contributed by atoms with Crippen LogP contribution in [0.3, 0.4) is 0 Å². The van der Waals surface area contributed by atoms with Crippen LogP contribution in [0, 0.1) is 0 Å². The molecule has 4 rings (SSSR count). The van der Waals surface area contributed by atoms with Gasteiger partial charge in [0.2, 0.25) is 0 Å². The highest BCUT2D eigenvalue weighted by molar-refractivity contribution is 7.98. The summed E-state index contributed by atoms with van der Waals surface area (Å²) in [6, 6.07) is 10.2. The number of thiophene rings is 1. The molecule has 1 aliphatic rings. The third-order valence-electron chi connectivity index (χ3n) is 4.62. The molecular weight excluding hydrogens is 362 g/mol. The van der Waals surface area contributed by atoms with Crippen LogP contribution in [0.1, 0.15) is 25.0 Å². The molecule has 0 aromatic carbocycles. The van der Waals surface area contributed by atoms with Gasteiger partial charge in [0.15, 0.2) is 11.0 Å². The van der Waals surface area contributed by atoms with Crippen LogP contribution in [-0.4, -0.2) is 44.3 Å². The van der Waals surface area contributed by atoms with Gasteiger partial charge in [0.25, 0.3) is 0 Å². The fraction of sp³-hybridized carbons (Fsp3) is 0.421. The summed E-state index contributed by atoms with van der Waals surface area (Å²) in [7, 11) is 0. The summed E-state index contributed by atoms with van der Waals surface area (Å²) < 4.78 is 2.29. The molecule has 0 bridgehead atoms. The highest BCUT2D eigenvalue weighted by atomic mass is 32.2. The quantitative estimate of drug-likeness (QED) is 0.571. The van der Waals surface area contributed by atoms with Crippen LogP contribution in [0.15, 0.2) is 47.1 Å². The highest BCUT2D eigenvalue weighted by Crippen LogP contribution is 2.28. The van der Waals surface area contributed by atoms with Crippen molar-refractivity contribution in [2.24, 2.45) is 0 Å². The van der Waals surface area contributed by atoms with Crippen molar-refractivity contribution in [1.29, 1.82) is 0 Å². The molecule has 3 aromatic heterocycles. The van der Waals surface area contributed by atoms with Crippen LogP contribution in [0.5, 0.6) is 0 Å². The van der Waals surface area contributed by atoms with Crippen molar-refractivity contribution in [3.05, 3.63) is 47.6 Å². The standard InChI is InChI=1S/C19H23N5S2/c1-4-10-23(11-5-1)12-13-24-18(17-8-6-14-25-17)21-22-19(24)26-15-16-7-2-3-9-20-16/h2-3,6-9,14H,1,4-5,10-13,15H2. The van der Waals surface area contributed by atoms with Gasteiger partial charge in [-0.1, -0.05) is 30.3 Å². The highest BCUT2D eigenvalue weighted by Gasteiger charge is 2.17. The summed E-state index contributed by atoms with van der Waals surface area (Å²) in [6.45, 7) is 4.43. The first-order chi connectivity index (χ1) is 12.9. The van der Waals surface area contributed by atoms with E-state index in [9.17, 15) is 0 Å². The van der Waals surface area contributed by atoms with Gasteiger partial charge in [0.05, 0.1) is 10.6 Å². The smallest absolute Gasteiger partial charge is 0.191 e. The Hall–Kier alpha value is -1.70. The minimum absolute atomic E-state index is 0.813. The van der Waals surface area contributed by atoms with Gasteiger partial charge in [-0.05, 0) is 49.5 Å². The Morgan fingerprint density at radius 2 is 1.92 bits per heavy atom. The van der Waals surface area contributed by atoms with E-state index in [2.05, 4.69) is 48.2 Å². The van der Waals surface area contributed by atoms with Crippen LogP contribution >= 0.6 is 23.1 Å². The van der Waals surface area contributed by atoms with Crippen molar-refractivity contribution in [2.45, 2.75) is 36.7 Å². The number of hydrogen-bond donors (Lipinski definition) is 0. The monoisotopic (exact) mass is 385 g/mol. The zero-order valence-electron chi connectivity index (χ0n) is 14.8. The second-order valence-corrected chi connectivity index (χ2v) is 8.34. The first-order valence-electron chi connectivity index (χ1n) is 9.12. The Bertz CT molecular complexity index is 795. The summed E-state index contributed by atoms with van der Waals surface area (Å²) in [5.41, 5.74) is 1.07. The summed E-state index contributed by atoms with van der Waals surface area (Å²) in [6.07, 6.45) is 5.85. The van der Waals surface area contributed by atoms with Gasteiger partial charge in [-0.2, -0.15) is 0 Å². The van der Waals surface area contributed by atoms with Gasteiger partial charge in [0.1, 0.15) is 0 Å². The van der Waals surface area contributed by atoms with Gasteiger partial charge in [0, 0.05) is 25.0 Å². The topological polar surface area (TPSA) is 46.8 Å². The zero-order chi connectivity index (χ0) is 17.6. The van der Waals surface area contributed by atoms with E-state index in [-0.39, 0.29) is 0 Å². The van der Waals surface area contributed by atoms with Gasteiger partial charge < -0.3 is 9.47 Å². The third kappa shape index (κ3) is 4.34. The molecule has 0 amide bonds. The molecule has 0 radical (unpaired) electrons. The van der Waals surface area contributed by atoms with E-state index in [0.29, 0.717) is 0 Å². The van der Waals surface area contributed by atoms with Crippen molar-refractivity contribution < 1.29 is 0 Å². The number of nitrogens with zero attached hydrogens (tertiary/aromatic N) is 5. The molecule has 0 N–H and O–H groups in total. The minimum atomic E-state index is 0.813. The predicted molar refractivity (Wildman–Crippen MR) is 107 cm³/mol. The average Bonchev–Trinajstić information content (AvgIpc) is 3.36. The van der Waals surface area contributed by atoms with Crippen LogP contribution in [0.25, 0.3) is 10.7 Å². The Morgan fingerprint density at radius 1 is 1.00 bits per heavy atom. The van der Waals surface area contributed by atoms with E-state index in [1.807, 2.05) is 18.3 Å². The van der Waals surface area contributed by atoms with E-state index in [1.54, 1.807) is 23.1 Å². The third-order valence-corrected chi connectivity index (χ3v) is 6.49. The first kappa shape index (κ1) is 17.7. The molecule has 26 heavy (non-hydrogen) atoms. The maximum Gasteiger partial charge on any atom is 0.191 e. The Labute approximate surface area is 162 Å². The second kappa shape index (κ2) is 8.79. The van der Waals surface area contributed by atoms with Crippen molar-refractivity contribution in [3.8, 4) is 10.7 Å². The molecule has 4 heterocycles. The summed E-state index contributed by atoms with van der Waals surface area (Å²) >= 11 is 3.44. The Balaban J connectivity index is 1.50. The van der Waals surface area contributed by atoms with Crippen LogP contribution in [-0.2, 0) is 12.3 Å². The summed E-state index contributed by atoms with van der Waals surface area (Å²) in [5.74, 6) is 1.80. The summed E-state index contributed by atoms with van der Waals surface area (Å²) in [4.78, 5) is 8.16. The Morgan fingerprint density at radius 3 is 2.69 bits per heavy atom. The van der Waals surface area contributed by atoms with E-state index < -0.39 is 0 Å². The van der Waals surface area contributed by atoms with Gasteiger partial charge in [-0.25, -0.2) is 0 Å². The molecule has 0 atom stereocenters. The van der Waals surface area contributed by atoms with Crippen molar-refractivity contribution in [2.75, 3.05) is 19.6 Å². The van der Waals surface area contributed by atoms with E-state index in [0.717, 1.165) is 35.5 Å². The van der Waals surface area contributed by atoms with E-state index in [1.165, 1.54) is 37.2 Å². The second-order valence-electron chi connectivity index (χ2n) is 6.45. The average molecular weight is 386 g/mol. The maximum absolute atomic E-state index is 4.50. The maximum atomic E-state index is 4.50. The molecule has 3 aromatic rings. The van der Waals surface area contributed by atoms with Crippen LogP contribution in [0.2, 0.25) is 0 Å². The van der Waals surface area contributed by atoms with Crippen molar-refractivity contribution in [3.63, 3.8) is 0 Å².